The van der Waals surface area contributed by atoms with Crippen molar-refractivity contribution in [3.8, 4) is 0 Å². The molecule has 0 bridgehead atoms. The first kappa shape index (κ1) is 14.6. The van der Waals surface area contributed by atoms with Gasteiger partial charge in [-0.05, 0) is 31.0 Å². The van der Waals surface area contributed by atoms with E-state index in [1.165, 1.54) is 23.9 Å². The predicted molar refractivity (Wildman–Crippen MR) is 74.1 cm³/mol. The van der Waals surface area contributed by atoms with E-state index in [-0.39, 0.29) is 22.8 Å². The molecule has 1 aliphatic rings. The topological polar surface area (TPSA) is 38.3 Å². The summed E-state index contributed by atoms with van der Waals surface area (Å²) in [5.74, 6) is -0.218. The van der Waals surface area contributed by atoms with Gasteiger partial charge in [0, 0.05) is 18.0 Å². The van der Waals surface area contributed by atoms with Crippen LogP contribution in [0.15, 0.2) is 23.1 Å². The lowest BCUT2D eigenvalue weighted by atomic mass is 10.2. The van der Waals surface area contributed by atoms with E-state index in [1.54, 1.807) is 6.07 Å². The van der Waals surface area contributed by atoms with Crippen molar-refractivity contribution in [2.75, 3.05) is 18.9 Å². The first-order valence-electron chi connectivity index (χ1n) is 6.11. The number of ether oxygens (including phenoxy) is 1. The summed E-state index contributed by atoms with van der Waals surface area (Å²) in [7, 11) is 0. The van der Waals surface area contributed by atoms with Crippen molar-refractivity contribution in [2.45, 2.75) is 23.8 Å². The molecule has 104 valence electrons. The third kappa shape index (κ3) is 4.67. The normalized spacial score (nSPS) is 18.5. The van der Waals surface area contributed by atoms with Crippen LogP contribution in [-0.2, 0) is 9.53 Å². The summed E-state index contributed by atoms with van der Waals surface area (Å²) < 4.78 is 18.4. The van der Waals surface area contributed by atoms with Crippen LogP contribution in [0, 0.1) is 5.82 Å². The smallest absolute Gasteiger partial charge is 0.230 e. The number of benzene rings is 1. The Morgan fingerprint density at radius 2 is 2.42 bits per heavy atom. The number of carbonyl (C=O) groups is 1. The minimum Gasteiger partial charge on any atom is -0.376 e. The zero-order valence-electron chi connectivity index (χ0n) is 10.3. The highest BCUT2D eigenvalue weighted by molar-refractivity contribution is 8.00. The molecule has 3 nitrogen and oxygen atoms in total. The van der Waals surface area contributed by atoms with Crippen LogP contribution < -0.4 is 5.32 Å². The molecular weight excluding hydrogens is 289 g/mol. The number of amides is 1. The molecule has 0 radical (unpaired) electrons. The van der Waals surface area contributed by atoms with E-state index in [0.29, 0.717) is 6.54 Å². The van der Waals surface area contributed by atoms with Crippen LogP contribution in [0.2, 0.25) is 5.02 Å². The Morgan fingerprint density at radius 3 is 3.11 bits per heavy atom. The SMILES string of the molecule is O=C(CSc1ccc(F)c(Cl)c1)NC[C@@H]1CCCO1. The summed E-state index contributed by atoms with van der Waals surface area (Å²) in [5.41, 5.74) is 0. The van der Waals surface area contributed by atoms with Gasteiger partial charge in [0.1, 0.15) is 5.82 Å². The predicted octanol–water partition coefficient (Wildman–Crippen LogP) is 2.87. The number of hydrogen-bond donors (Lipinski definition) is 1. The third-order valence-electron chi connectivity index (χ3n) is 2.81. The molecule has 0 aromatic heterocycles. The van der Waals surface area contributed by atoms with Crippen molar-refractivity contribution in [1.29, 1.82) is 0 Å². The Bertz CT molecular complexity index is 452. The number of halogens is 2. The molecule has 19 heavy (non-hydrogen) atoms. The van der Waals surface area contributed by atoms with Crippen molar-refractivity contribution >= 4 is 29.3 Å². The van der Waals surface area contributed by atoms with Crippen LogP contribution in [0.4, 0.5) is 4.39 Å². The van der Waals surface area contributed by atoms with E-state index in [9.17, 15) is 9.18 Å². The first-order chi connectivity index (χ1) is 9.15. The monoisotopic (exact) mass is 303 g/mol. The van der Waals surface area contributed by atoms with Gasteiger partial charge in [-0.2, -0.15) is 0 Å². The average molecular weight is 304 g/mol. The lowest BCUT2D eigenvalue weighted by Gasteiger charge is -2.10. The lowest BCUT2D eigenvalue weighted by molar-refractivity contribution is -0.119. The molecule has 1 aromatic carbocycles. The highest BCUT2D eigenvalue weighted by Gasteiger charge is 2.16. The van der Waals surface area contributed by atoms with Crippen molar-refractivity contribution in [3.63, 3.8) is 0 Å². The van der Waals surface area contributed by atoms with Crippen LogP contribution in [-0.4, -0.2) is 30.9 Å². The number of rotatable bonds is 5. The van der Waals surface area contributed by atoms with E-state index in [2.05, 4.69) is 5.32 Å². The van der Waals surface area contributed by atoms with E-state index >= 15 is 0 Å². The fourth-order valence-corrected chi connectivity index (χ4v) is 2.81. The van der Waals surface area contributed by atoms with Gasteiger partial charge < -0.3 is 10.1 Å². The van der Waals surface area contributed by atoms with Gasteiger partial charge in [0.05, 0.1) is 16.9 Å². The molecule has 6 heteroatoms. The maximum atomic E-state index is 13.0. The Kier molecular flexibility index (Phi) is 5.48. The molecule has 0 spiro atoms. The second-order valence-corrected chi connectivity index (χ2v) is 5.76. The third-order valence-corrected chi connectivity index (χ3v) is 4.10. The van der Waals surface area contributed by atoms with E-state index in [0.717, 1.165) is 24.3 Å². The highest BCUT2D eigenvalue weighted by Crippen LogP contribution is 2.23. The second kappa shape index (κ2) is 7.12. The van der Waals surface area contributed by atoms with Gasteiger partial charge in [-0.1, -0.05) is 11.6 Å². The molecule has 0 aliphatic carbocycles. The van der Waals surface area contributed by atoms with E-state index < -0.39 is 5.82 Å². The zero-order chi connectivity index (χ0) is 13.7. The van der Waals surface area contributed by atoms with E-state index in [1.807, 2.05) is 0 Å². The molecule has 0 unspecified atom stereocenters. The Morgan fingerprint density at radius 1 is 1.58 bits per heavy atom. The second-order valence-electron chi connectivity index (χ2n) is 4.30. The summed E-state index contributed by atoms with van der Waals surface area (Å²) in [6, 6.07) is 4.43. The van der Waals surface area contributed by atoms with Crippen LogP contribution in [0.5, 0.6) is 0 Å². The number of nitrogens with one attached hydrogen (secondary N) is 1. The molecule has 1 aromatic rings. The van der Waals surface area contributed by atoms with Crippen LogP contribution in [0.25, 0.3) is 0 Å². The summed E-state index contributed by atoms with van der Waals surface area (Å²) in [6.45, 7) is 1.34. The fraction of sp³-hybridized carbons (Fsp3) is 0.462. The maximum absolute atomic E-state index is 13.0. The molecule has 1 fully saturated rings. The van der Waals surface area contributed by atoms with Crippen LogP contribution in [0.1, 0.15) is 12.8 Å². The van der Waals surface area contributed by atoms with Gasteiger partial charge in [-0.15, -0.1) is 11.8 Å². The minimum absolute atomic E-state index is 0.0547. The molecule has 1 amide bonds. The molecule has 1 saturated heterocycles. The first-order valence-corrected chi connectivity index (χ1v) is 7.47. The van der Waals surface area contributed by atoms with Crippen LogP contribution in [0.3, 0.4) is 0 Å². The average Bonchev–Trinajstić information content (AvgIpc) is 2.91. The molecule has 1 atom stereocenters. The quantitative estimate of drug-likeness (QED) is 0.850. The van der Waals surface area contributed by atoms with Crippen molar-refractivity contribution in [1.82, 2.24) is 5.32 Å². The lowest BCUT2D eigenvalue weighted by Crippen LogP contribution is -2.32. The van der Waals surface area contributed by atoms with Gasteiger partial charge in [-0.3, -0.25) is 4.79 Å². The molecular formula is C13H15ClFNO2S. The molecule has 1 aliphatic heterocycles. The van der Waals surface area contributed by atoms with Crippen molar-refractivity contribution in [2.24, 2.45) is 0 Å². The van der Waals surface area contributed by atoms with Gasteiger partial charge in [0.25, 0.3) is 0 Å². The van der Waals surface area contributed by atoms with Gasteiger partial charge in [-0.25, -0.2) is 4.39 Å². The standard InChI is InChI=1S/C13H15ClFNO2S/c14-11-6-10(3-4-12(11)15)19-8-13(17)16-7-9-2-1-5-18-9/h3-4,6,9H,1-2,5,7-8H2,(H,16,17)/t9-/m0/s1. The molecule has 2 rings (SSSR count). The van der Waals surface area contributed by atoms with Gasteiger partial charge in [0.15, 0.2) is 0 Å². The fourth-order valence-electron chi connectivity index (χ4n) is 1.80. The summed E-state index contributed by atoms with van der Waals surface area (Å²) in [4.78, 5) is 12.4. The highest BCUT2D eigenvalue weighted by atomic mass is 35.5. The van der Waals surface area contributed by atoms with Crippen molar-refractivity contribution < 1.29 is 13.9 Å². The van der Waals surface area contributed by atoms with Gasteiger partial charge in [0.2, 0.25) is 5.91 Å². The minimum atomic E-state index is -0.450. The number of carbonyl (C=O) groups excluding carboxylic acids is 1. The van der Waals surface area contributed by atoms with Crippen LogP contribution >= 0.6 is 23.4 Å². The number of hydrogen-bond acceptors (Lipinski definition) is 3. The summed E-state index contributed by atoms with van der Waals surface area (Å²) in [5, 5.41) is 2.90. The number of thioether (sulfide) groups is 1. The molecule has 1 heterocycles. The van der Waals surface area contributed by atoms with E-state index in [4.69, 9.17) is 16.3 Å². The van der Waals surface area contributed by atoms with Crippen molar-refractivity contribution in [3.05, 3.63) is 29.0 Å². The largest absolute Gasteiger partial charge is 0.376 e. The van der Waals surface area contributed by atoms with Gasteiger partial charge >= 0.3 is 0 Å². The maximum Gasteiger partial charge on any atom is 0.230 e. The molecule has 1 N–H and O–H groups in total. The summed E-state index contributed by atoms with van der Waals surface area (Å²) >= 11 is 7.00. The Labute approximate surface area is 120 Å². The zero-order valence-corrected chi connectivity index (χ0v) is 11.9. The Balaban J connectivity index is 1.71. The Hall–Kier alpha value is -0.780. The molecule has 0 saturated carbocycles. The summed E-state index contributed by atoms with van der Waals surface area (Å²) in [6.07, 6.45) is 2.21.